The molecule has 1 aliphatic heterocycles. The molecule has 1 aliphatic carbocycles. The van der Waals surface area contributed by atoms with Crippen molar-refractivity contribution in [2.45, 2.75) is 67.3 Å². The maximum atomic E-state index is 9.89. The lowest BCUT2D eigenvalue weighted by atomic mass is 9.84. The second-order valence-corrected chi connectivity index (χ2v) is 5.84. The van der Waals surface area contributed by atoms with Crippen LogP contribution in [0.1, 0.15) is 0 Å². The third-order valence-corrected chi connectivity index (χ3v) is 4.29. The summed E-state index contributed by atoms with van der Waals surface area (Å²) >= 11 is 0. The van der Waals surface area contributed by atoms with E-state index >= 15 is 0 Å². The Hall–Kier alpha value is -0.440. The number of aliphatic hydroxyl groups is 8. The Labute approximate surface area is 131 Å². The highest BCUT2D eigenvalue weighted by atomic mass is 16.7. The molecule has 1 saturated carbocycles. The molecule has 2 unspecified atom stereocenters. The fraction of sp³-hybridized carbons (Fsp3) is 1.00. The molecular formula is C12H23NO10. The first kappa shape index (κ1) is 18.9. The van der Waals surface area contributed by atoms with Gasteiger partial charge in [0.05, 0.1) is 12.6 Å². The van der Waals surface area contributed by atoms with E-state index in [4.69, 9.17) is 20.3 Å². The van der Waals surface area contributed by atoms with Crippen LogP contribution in [0.4, 0.5) is 0 Å². The van der Waals surface area contributed by atoms with Crippen molar-refractivity contribution in [3.63, 3.8) is 0 Å². The van der Waals surface area contributed by atoms with E-state index in [0.717, 1.165) is 0 Å². The van der Waals surface area contributed by atoms with E-state index in [1.165, 1.54) is 0 Å². The molecule has 2 fully saturated rings. The van der Waals surface area contributed by atoms with Gasteiger partial charge < -0.3 is 56.1 Å². The first-order chi connectivity index (χ1) is 10.7. The van der Waals surface area contributed by atoms with E-state index in [0.29, 0.717) is 0 Å². The molecule has 0 bridgehead atoms. The summed E-state index contributed by atoms with van der Waals surface area (Å²) in [5.41, 5.74) is 5.66. The second-order valence-electron chi connectivity index (χ2n) is 5.84. The topological polar surface area (TPSA) is 206 Å². The highest BCUT2D eigenvalue weighted by molar-refractivity contribution is 5.00. The average Bonchev–Trinajstić information content (AvgIpc) is 2.54. The number of ether oxygens (including phenoxy) is 2. The molecule has 0 radical (unpaired) electrons. The van der Waals surface area contributed by atoms with E-state index < -0.39 is 73.9 Å². The van der Waals surface area contributed by atoms with Gasteiger partial charge >= 0.3 is 0 Å². The fourth-order valence-electron chi connectivity index (χ4n) is 2.74. The summed E-state index contributed by atoms with van der Waals surface area (Å²) in [7, 11) is 0. The molecule has 11 nitrogen and oxygen atoms in total. The van der Waals surface area contributed by atoms with Crippen molar-refractivity contribution in [3.05, 3.63) is 0 Å². The largest absolute Gasteiger partial charge is 0.394 e. The minimum atomic E-state index is -1.79. The summed E-state index contributed by atoms with van der Waals surface area (Å²) in [6.45, 7) is -0.648. The van der Waals surface area contributed by atoms with Crippen LogP contribution in [0.25, 0.3) is 0 Å². The zero-order valence-electron chi connectivity index (χ0n) is 12.0. The Balaban J connectivity index is 2.13. The zero-order chi connectivity index (χ0) is 17.5. The maximum absolute atomic E-state index is 9.89. The number of rotatable bonds is 3. The molecule has 10 N–H and O–H groups in total. The van der Waals surface area contributed by atoms with Gasteiger partial charge in [-0.25, -0.2) is 0 Å². The molecule has 0 amide bonds. The Bertz CT molecular complexity index is 382. The summed E-state index contributed by atoms with van der Waals surface area (Å²) in [6.07, 6.45) is -16.1. The molecule has 0 spiro atoms. The SMILES string of the molecule is N[C@@H]1[C@H](OC2[C@H](O)[C@H](O)C(O)[C@H](O)[C@H]2O)O[C@@H](CO)[C@H](O)[C@H]1O. The van der Waals surface area contributed by atoms with Gasteiger partial charge in [-0.05, 0) is 0 Å². The van der Waals surface area contributed by atoms with Crippen molar-refractivity contribution in [1.29, 1.82) is 0 Å². The smallest absolute Gasteiger partial charge is 0.176 e. The maximum Gasteiger partial charge on any atom is 0.176 e. The Morgan fingerprint density at radius 3 is 1.70 bits per heavy atom. The molecule has 0 aromatic carbocycles. The van der Waals surface area contributed by atoms with Gasteiger partial charge in [0.1, 0.15) is 54.9 Å². The standard InChI is InChI=1S/C12H23NO10/c13-3-5(16)4(15)2(1-14)22-12(3)23-11-9(20)7(18)6(17)8(19)10(11)21/h2-12,14-21H,1,13H2/t2-,3-,4-,5-,6?,7-,8+,9+,10+,11?,12-/m0/s1. The van der Waals surface area contributed by atoms with Crippen molar-refractivity contribution >= 4 is 0 Å². The van der Waals surface area contributed by atoms with E-state index in [-0.39, 0.29) is 0 Å². The minimum Gasteiger partial charge on any atom is -0.394 e. The van der Waals surface area contributed by atoms with Crippen molar-refractivity contribution in [2.24, 2.45) is 5.73 Å². The first-order valence-corrected chi connectivity index (χ1v) is 7.14. The first-order valence-electron chi connectivity index (χ1n) is 7.14. The van der Waals surface area contributed by atoms with E-state index in [1.807, 2.05) is 0 Å². The number of aliphatic hydroxyl groups excluding tert-OH is 8. The van der Waals surface area contributed by atoms with Gasteiger partial charge in [0, 0.05) is 0 Å². The number of hydrogen-bond donors (Lipinski definition) is 9. The van der Waals surface area contributed by atoms with Gasteiger partial charge in [-0.15, -0.1) is 0 Å². The highest BCUT2D eigenvalue weighted by Crippen LogP contribution is 2.28. The molecule has 23 heavy (non-hydrogen) atoms. The summed E-state index contributed by atoms with van der Waals surface area (Å²) < 4.78 is 10.4. The molecule has 0 aromatic rings. The molecule has 2 rings (SSSR count). The molecule has 0 aromatic heterocycles. The fourth-order valence-corrected chi connectivity index (χ4v) is 2.74. The van der Waals surface area contributed by atoms with Crippen molar-refractivity contribution in [3.8, 4) is 0 Å². The molecule has 136 valence electrons. The van der Waals surface area contributed by atoms with Crippen LogP contribution in [0.2, 0.25) is 0 Å². The van der Waals surface area contributed by atoms with Crippen LogP contribution in [0.5, 0.6) is 0 Å². The summed E-state index contributed by atoms with van der Waals surface area (Å²) in [6, 6.07) is -1.28. The van der Waals surface area contributed by atoms with Crippen LogP contribution in [0.15, 0.2) is 0 Å². The number of hydrogen-bond acceptors (Lipinski definition) is 11. The van der Waals surface area contributed by atoms with Gasteiger partial charge in [-0.2, -0.15) is 0 Å². The van der Waals surface area contributed by atoms with Crippen LogP contribution in [-0.2, 0) is 9.47 Å². The Morgan fingerprint density at radius 1 is 0.739 bits per heavy atom. The van der Waals surface area contributed by atoms with Crippen LogP contribution < -0.4 is 5.73 Å². The molecule has 11 heteroatoms. The van der Waals surface area contributed by atoms with Crippen LogP contribution in [0, 0.1) is 0 Å². The lowest BCUT2D eigenvalue weighted by Gasteiger charge is -2.46. The number of nitrogens with two attached hydrogens (primary N) is 1. The van der Waals surface area contributed by atoms with Crippen molar-refractivity contribution < 1.29 is 50.3 Å². The Morgan fingerprint density at radius 2 is 1.22 bits per heavy atom. The van der Waals surface area contributed by atoms with Gasteiger partial charge in [0.2, 0.25) is 0 Å². The summed E-state index contributed by atoms with van der Waals surface area (Å²) in [4.78, 5) is 0. The van der Waals surface area contributed by atoms with Crippen molar-refractivity contribution in [1.82, 2.24) is 0 Å². The molecule has 1 saturated heterocycles. The molecular weight excluding hydrogens is 318 g/mol. The predicted molar refractivity (Wildman–Crippen MR) is 70.6 cm³/mol. The van der Waals surface area contributed by atoms with Crippen LogP contribution in [-0.4, -0.2) is 115 Å². The molecule has 11 atom stereocenters. The third-order valence-electron chi connectivity index (χ3n) is 4.29. The van der Waals surface area contributed by atoms with Crippen LogP contribution >= 0.6 is 0 Å². The van der Waals surface area contributed by atoms with E-state index in [1.54, 1.807) is 0 Å². The van der Waals surface area contributed by atoms with Crippen molar-refractivity contribution in [2.75, 3.05) is 6.61 Å². The average molecular weight is 341 g/mol. The molecule has 2 aliphatic rings. The highest BCUT2D eigenvalue weighted by Gasteiger charge is 2.52. The quantitative estimate of drug-likeness (QED) is 0.236. The lowest BCUT2D eigenvalue weighted by Crippen LogP contribution is -2.68. The van der Waals surface area contributed by atoms with Crippen LogP contribution in [0.3, 0.4) is 0 Å². The Kier molecular flexibility index (Phi) is 5.92. The third kappa shape index (κ3) is 3.36. The van der Waals surface area contributed by atoms with E-state index in [9.17, 15) is 35.7 Å². The van der Waals surface area contributed by atoms with E-state index in [2.05, 4.69) is 0 Å². The van der Waals surface area contributed by atoms with Gasteiger partial charge in [-0.1, -0.05) is 0 Å². The van der Waals surface area contributed by atoms with Gasteiger partial charge in [-0.3, -0.25) is 0 Å². The molecule has 1 heterocycles. The lowest BCUT2D eigenvalue weighted by molar-refractivity contribution is -0.316. The summed E-state index contributed by atoms with van der Waals surface area (Å²) in [5, 5.41) is 77.1. The zero-order valence-corrected chi connectivity index (χ0v) is 12.0. The minimum absolute atomic E-state index is 0.648. The van der Waals surface area contributed by atoms with Gasteiger partial charge in [0.15, 0.2) is 6.29 Å². The monoisotopic (exact) mass is 341 g/mol. The van der Waals surface area contributed by atoms with Gasteiger partial charge in [0.25, 0.3) is 0 Å². The predicted octanol–water partition coefficient (Wildman–Crippen LogP) is -6.04. The summed E-state index contributed by atoms with van der Waals surface area (Å²) in [5.74, 6) is 0. The normalized spacial score (nSPS) is 54.9. The second kappa shape index (κ2) is 7.21.